The van der Waals surface area contributed by atoms with Crippen LogP contribution in [-0.4, -0.2) is 15.7 Å². The fraction of sp³-hybridized carbons (Fsp3) is 0.0833. The van der Waals surface area contributed by atoms with Crippen LogP contribution in [0.3, 0.4) is 0 Å². The second-order valence-corrected chi connectivity index (χ2v) is 5.61. The van der Waals surface area contributed by atoms with Crippen molar-refractivity contribution in [2.45, 2.75) is 6.92 Å². The Bertz CT molecular complexity index is 702. The first kappa shape index (κ1) is 15.2. The maximum Gasteiger partial charge on any atom is 1.00 e. The van der Waals surface area contributed by atoms with Crippen molar-refractivity contribution >= 4 is 38.6 Å². The third-order valence-electron chi connectivity index (χ3n) is 2.41. The zero-order chi connectivity index (χ0) is 12.5. The topological polar surface area (TPSA) is 61.2 Å². The molecule has 4 nitrogen and oxygen atoms in total. The summed E-state index contributed by atoms with van der Waals surface area (Å²) >= 11 is 2.87. The van der Waals surface area contributed by atoms with Crippen LogP contribution in [0.2, 0.25) is 0 Å². The molecular formula is C12H8KN3OS2. The standard InChI is InChI=1S/C12H9N3OS2.K/c1-7-6-17-11(13-7)10(15-16)12-14-8-4-2-3-5-9(8)18-12;/h2-6,16H,1H3;/q;+1/p-1/b15-10+;. The van der Waals surface area contributed by atoms with Gasteiger partial charge in [-0.3, -0.25) is 0 Å². The molecule has 0 amide bonds. The Hall–Kier alpha value is -0.154. The molecule has 0 radical (unpaired) electrons. The van der Waals surface area contributed by atoms with E-state index >= 15 is 0 Å². The molecule has 90 valence electrons. The molecule has 0 spiro atoms. The Labute approximate surface area is 160 Å². The maximum absolute atomic E-state index is 11.0. The number of para-hydroxylation sites is 1. The van der Waals surface area contributed by atoms with Gasteiger partial charge in [0.05, 0.1) is 10.2 Å². The van der Waals surface area contributed by atoms with E-state index in [1.807, 2.05) is 36.6 Å². The monoisotopic (exact) mass is 313 g/mol. The zero-order valence-corrected chi connectivity index (χ0v) is 15.2. The number of fused-ring (bicyclic) bond motifs is 1. The maximum atomic E-state index is 11.0. The summed E-state index contributed by atoms with van der Waals surface area (Å²) in [5.41, 5.74) is 2.10. The van der Waals surface area contributed by atoms with Gasteiger partial charge in [-0.05, 0) is 19.1 Å². The number of rotatable bonds is 2. The average Bonchev–Trinajstić information content (AvgIpc) is 2.96. The van der Waals surface area contributed by atoms with Crippen LogP contribution in [0.1, 0.15) is 15.7 Å². The molecule has 0 atom stereocenters. The minimum atomic E-state index is 0. The third kappa shape index (κ3) is 3.13. The smallest absolute Gasteiger partial charge is 0.791 e. The van der Waals surface area contributed by atoms with Crippen molar-refractivity contribution in [3.63, 3.8) is 0 Å². The zero-order valence-electron chi connectivity index (χ0n) is 10.5. The summed E-state index contributed by atoms with van der Waals surface area (Å²) in [6.07, 6.45) is 0. The molecule has 0 bridgehead atoms. The van der Waals surface area contributed by atoms with E-state index in [0.29, 0.717) is 15.7 Å². The number of aromatic nitrogens is 2. The molecule has 7 heteroatoms. The van der Waals surface area contributed by atoms with Gasteiger partial charge in [0.1, 0.15) is 15.7 Å². The van der Waals surface area contributed by atoms with Gasteiger partial charge in [-0.25, -0.2) is 9.97 Å². The first-order valence-electron chi connectivity index (χ1n) is 5.26. The molecule has 3 aromatic rings. The van der Waals surface area contributed by atoms with Gasteiger partial charge in [-0.15, -0.1) is 22.7 Å². The predicted octanol–water partition coefficient (Wildman–Crippen LogP) is 0.400. The molecule has 0 saturated heterocycles. The fourth-order valence-corrected chi connectivity index (χ4v) is 3.40. The van der Waals surface area contributed by atoms with Crippen LogP contribution in [0.25, 0.3) is 10.2 Å². The van der Waals surface area contributed by atoms with Crippen LogP contribution in [0.4, 0.5) is 0 Å². The Morgan fingerprint density at radius 1 is 1.21 bits per heavy atom. The quantitative estimate of drug-likeness (QED) is 0.391. The summed E-state index contributed by atoms with van der Waals surface area (Å²) in [6.45, 7) is 1.89. The van der Waals surface area contributed by atoms with Crippen LogP contribution in [0.15, 0.2) is 34.8 Å². The Balaban J connectivity index is 0.00000133. The number of nitrogens with zero attached hydrogens (tertiary/aromatic N) is 3. The first-order chi connectivity index (χ1) is 8.78. The van der Waals surface area contributed by atoms with Crippen molar-refractivity contribution in [3.8, 4) is 0 Å². The van der Waals surface area contributed by atoms with Crippen molar-refractivity contribution in [3.05, 3.63) is 50.6 Å². The number of benzene rings is 1. The SMILES string of the molecule is Cc1csc(/C(=N\[O-])c2nc3ccccc3s2)n1.[K+]. The summed E-state index contributed by atoms with van der Waals surface area (Å²) in [5.74, 6) is 0. The Morgan fingerprint density at radius 3 is 2.63 bits per heavy atom. The number of aryl methyl sites for hydroxylation is 1. The van der Waals surface area contributed by atoms with Gasteiger partial charge in [0.2, 0.25) is 0 Å². The largest absolute Gasteiger partial charge is 1.00 e. The molecule has 0 aliphatic carbocycles. The Morgan fingerprint density at radius 2 is 2.00 bits per heavy atom. The van der Waals surface area contributed by atoms with Gasteiger partial charge in [0, 0.05) is 11.1 Å². The normalized spacial score (nSPS) is 11.5. The van der Waals surface area contributed by atoms with Crippen LogP contribution >= 0.6 is 22.7 Å². The van der Waals surface area contributed by atoms with Crippen molar-refractivity contribution in [1.82, 2.24) is 9.97 Å². The fourth-order valence-electron chi connectivity index (χ4n) is 1.61. The molecule has 19 heavy (non-hydrogen) atoms. The summed E-state index contributed by atoms with van der Waals surface area (Å²) in [4.78, 5) is 8.71. The van der Waals surface area contributed by atoms with Gasteiger partial charge in [0.15, 0.2) is 0 Å². The average molecular weight is 313 g/mol. The van der Waals surface area contributed by atoms with Crippen molar-refractivity contribution < 1.29 is 51.4 Å². The molecule has 0 aliphatic heterocycles. The van der Waals surface area contributed by atoms with E-state index in [9.17, 15) is 5.21 Å². The van der Waals surface area contributed by atoms with Crippen molar-refractivity contribution in [1.29, 1.82) is 0 Å². The molecule has 0 saturated carbocycles. The molecule has 0 N–H and O–H groups in total. The van der Waals surface area contributed by atoms with Crippen molar-refractivity contribution in [2.75, 3.05) is 0 Å². The van der Waals surface area contributed by atoms with Gasteiger partial charge >= 0.3 is 51.4 Å². The minimum absolute atomic E-state index is 0. The number of thiazole rings is 2. The van der Waals surface area contributed by atoms with E-state index in [4.69, 9.17) is 0 Å². The van der Waals surface area contributed by atoms with E-state index in [-0.39, 0.29) is 51.4 Å². The third-order valence-corrected chi connectivity index (χ3v) is 4.42. The summed E-state index contributed by atoms with van der Waals surface area (Å²) in [7, 11) is 0. The number of hydrogen-bond donors (Lipinski definition) is 0. The Kier molecular flexibility index (Phi) is 5.24. The van der Waals surface area contributed by atoms with E-state index in [2.05, 4.69) is 15.1 Å². The molecule has 0 unspecified atom stereocenters. The van der Waals surface area contributed by atoms with Gasteiger partial charge in [0.25, 0.3) is 0 Å². The van der Waals surface area contributed by atoms with Crippen LogP contribution in [0.5, 0.6) is 0 Å². The van der Waals surface area contributed by atoms with Gasteiger partial charge < -0.3 is 10.4 Å². The van der Waals surface area contributed by atoms with Gasteiger partial charge in [-0.2, -0.15) is 0 Å². The molecule has 2 aromatic heterocycles. The molecule has 0 fully saturated rings. The summed E-state index contributed by atoms with van der Waals surface area (Å²) < 4.78 is 1.04. The second kappa shape index (κ2) is 6.53. The molecule has 3 rings (SSSR count). The second-order valence-electron chi connectivity index (χ2n) is 3.72. The molecule has 2 heterocycles. The predicted molar refractivity (Wildman–Crippen MR) is 75.5 cm³/mol. The number of hydrogen-bond acceptors (Lipinski definition) is 6. The summed E-state index contributed by atoms with van der Waals surface area (Å²) in [5, 5.41) is 17.3. The minimum Gasteiger partial charge on any atom is -0.791 e. The van der Waals surface area contributed by atoms with Crippen LogP contribution < -0.4 is 51.4 Å². The van der Waals surface area contributed by atoms with Crippen LogP contribution in [0, 0.1) is 12.1 Å². The van der Waals surface area contributed by atoms with E-state index < -0.39 is 0 Å². The molecular weight excluding hydrogens is 305 g/mol. The van der Waals surface area contributed by atoms with E-state index in [1.54, 1.807) is 0 Å². The van der Waals surface area contributed by atoms with Gasteiger partial charge in [-0.1, -0.05) is 12.1 Å². The van der Waals surface area contributed by atoms with E-state index in [0.717, 1.165) is 15.9 Å². The molecule has 0 aliphatic rings. The van der Waals surface area contributed by atoms with Crippen LogP contribution in [-0.2, 0) is 0 Å². The van der Waals surface area contributed by atoms with Crippen molar-refractivity contribution in [2.24, 2.45) is 5.16 Å². The molecule has 1 aromatic carbocycles. The van der Waals surface area contributed by atoms with E-state index in [1.165, 1.54) is 22.7 Å². The summed E-state index contributed by atoms with van der Waals surface area (Å²) in [6, 6.07) is 7.77. The first-order valence-corrected chi connectivity index (χ1v) is 6.96.